The molecule has 0 saturated carbocycles. The standard InChI is InChI=1S/C23H19BrN2O4/c24-19-9-5-4-8-18(19)23(28)25-16-10-11-21-20(14-16)26(22(27)15-30-21)12-13-29-17-6-2-1-3-7-17/h1-11,14H,12-13,15H2,(H,25,28). The van der Waals surface area contributed by atoms with E-state index >= 15 is 0 Å². The summed E-state index contributed by atoms with van der Waals surface area (Å²) in [6.45, 7) is 0.676. The first-order valence-corrected chi connectivity index (χ1v) is 10.2. The number of rotatable bonds is 6. The van der Waals surface area contributed by atoms with E-state index < -0.39 is 0 Å². The van der Waals surface area contributed by atoms with Gasteiger partial charge >= 0.3 is 0 Å². The highest BCUT2D eigenvalue weighted by molar-refractivity contribution is 9.10. The number of fused-ring (bicyclic) bond motifs is 1. The van der Waals surface area contributed by atoms with Crippen molar-refractivity contribution < 1.29 is 19.1 Å². The van der Waals surface area contributed by atoms with Gasteiger partial charge in [-0.1, -0.05) is 30.3 Å². The van der Waals surface area contributed by atoms with Crippen molar-refractivity contribution in [3.63, 3.8) is 0 Å². The Morgan fingerprint density at radius 3 is 2.63 bits per heavy atom. The maximum atomic E-state index is 12.6. The zero-order chi connectivity index (χ0) is 20.9. The molecule has 0 aromatic heterocycles. The molecule has 0 aliphatic carbocycles. The minimum absolute atomic E-state index is 0.0268. The minimum atomic E-state index is -0.246. The summed E-state index contributed by atoms with van der Waals surface area (Å²) in [6.07, 6.45) is 0. The molecule has 0 atom stereocenters. The lowest BCUT2D eigenvalue weighted by molar-refractivity contribution is -0.121. The summed E-state index contributed by atoms with van der Waals surface area (Å²) >= 11 is 3.39. The van der Waals surface area contributed by atoms with Crippen LogP contribution in [0.4, 0.5) is 11.4 Å². The van der Waals surface area contributed by atoms with E-state index in [4.69, 9.17) is 9.47 Å². The summed E-state index contributed by atoms with van der Waals surface area (Å²) in [5.41, 5.74) is 1.70. The highest BCUT2D eigenvalue weighted by atomic mass is 79.9. The first kappa shape index (κ1) is 20.0. The molecule has 152 valence electrons. The van der Waals surface area contributed by atoms with Gasteiger partial charge in [0.15, 0.2) is 6.61 Å². The van der Waals surface area contributed by atoms with Crippen molar-refractivity contribution in [2.45, 2.75) is 0 Å². The number of nitrogens with zero attached hydrogens (tertiary/aromatic N) is 1. The Morgan fingerprint density at radius 1 is 1.07 bits per heavy atom. The summed E-state index contributed by atoms with van der Waals surface area (Å²) in [7, 11) is 0. The van der Waals surface area contributed by atoms with Crippen molar-refractivity contribution in [2.75, 3.05) is 30.0 Å². The quantitative estimate of drug-likeness (QED) is 0.580. The number of hydrogen-bond acceptors (Lipinski definition) is 4. The normalized spacial score (nSPS) is 12.7. The van der Waals surface area contributed by atoms with Gasteiger partial charge in [0.2, 0.25) is 0 Å². The van der Waals surface area contributed by atoms with Crippen LogP contribution >= 0.6 is 15.9 Å². The van der Waals surface area contributed by atoms with Crippen molar-refractivity contribution in [3.05, 3.63) is 82.8 Å². The van der Waals surface area contributed by atoms with Gasteiger partial charge in [-0.3, -0.25) is 9.59 Å². The third kappa shape index (κ3) is 4.46. The van der Waals surface area contributed by atoms with E-state index in [1.807, 2.05) is 42.5 Å². The van der Waals surface area contributed by atoms with Gasteiger partial charge in [0.25, 0.3) is 11.8 Å². The van der Waals surface area contributed by atoms with Crippen molar-refractivity contribution in [2.24, 2.45) is 0 Å². The van der Waals surface area contributed by atoms with Crippen molar-refractivity contribution in [1.82, 2.24) is 0 Å². The Bertz CT molecular complexity index is 1070. The molecule has 0 fully saturated rings. The van der Waals surface area contributed by atoms with Crippen LogP contribution in [0.2, 0.25) is 0 Å². The monoisotopic (exact) mass is 466 g/mol. The van der Waals surface area contributed by atoms with Gasteiger partial charge in [0.1, 0.15) is 18.1 Å². The van der Waals surface area contributed by atoms with Crippen molar-refractivity contribution >= 4 is 39.1 Å². The van der Waals surface area contributed by atoms with Crippen LogP contribution in [0.15, 0.2) is 77.3 Å². The first-order chi connectivity index (χ1) is 14.6. The van der Waals surface area contributed by atoms with Crippen molar-refractivity contribution in [3.8, 4) is 11.5 Å². The Morgan fingerprint density at radius 2 is 1.83 bits per heavy atom. The van der Waals surface area contributed by atoms with Gasteiger partial charge in [-0.15, -0.1) is 0 Å². The highest BCUT2D eigenvalue weighted by Gasteiger charge is 2.26. The fourth-order valence-electron chi connectivity index (χ4n) is 3.14. The Kier molecular flexibility index (Phi) is 5.99. The number of amides is 2. The molecule has 1 aliphatic heterocycles. The number of benzene rings is 3. The maximum Gasteiger partial charge on any atom is 0.265 e. The highest BCUT2D eigenvalue weighted by Crippen LogP contribution is 2.34. The molecule has 1 aliphatic rings. The van der Waals surface area contributed by atoms with Gasteiger partial charge in [0, 0.05) is 10.2 Å². The third-order valence-corrected chi connectivity index (χ3v) is 5.30. The van der Waals surface area contributed by atoms with Crippen LogP contribution in [0.25, 0.3) is 0 Å². The number of hydrogen-bond donors (Lipinski definition) is 1. The molecule has 4 rings (SSSR count). The average molecular weight is 467 g/mol. The van der Waals surface area contributed by atoms with Crippen LogP contribution in [0.5, 0.6) is 11.5 Å². The van der Waals surface area contributed by atoms with E-state index in [0.29, 0.717) is 40.3 Å². The number of nitrogens with one attached hydrogen (secondary N) is 1. The number of ether oxygens (including phenoxy) is 2. The number of anilines is 2. The molecule has 30 heavy (non-hydrogen) atoms. The van der Waals surface area contributed by atoms with Gasteiger partial charge < -0.3 is 19.7 Å². The molecule has 1 N–H and O–H groups in total. The fourth-order valence-corrected chi connectivity index (χ4v) is 3.61. The molecule has 0 saturated heterocycles. The van der Waals surface area contributed by atoms with Crippen LogP contribution in [-0.2, 0) is 4.79 Å². The molecule has 1 heterocycles. The van der Waals surface area contributed by atoms with E-state index in [0.717, 1.165) is 5.75 Å². The van der Waals surface area contributed by atoms with Gasteiger partial charge in [-0.25, -0.2) is 0 Å². The van der Waals surface area contributed by atoms with Crippen LogP contribution in [-0.4, -0.2) is 31.6 Å². The second-order valence-electron chi connectivity index (χ2n) is 6.61. The van der Waals surface area contributed by atoms with Gasteiger partial charge in [0.05, 0.1) is 17.8 Å². The zero-order valence-corrected chi connectivity index (χ0v) is 17.6. The second-order valence-corrected chi connectivity index (χ2v) is 7.47. The van der Waals surface area contributed by atoms with E-state index in [1.54, 1.807) is 35.2 Å². The molecule has 0 radical (unpaired) electrons. The van der Waals surface area contributed by atoms with E-state index in [-0.39, 0.29) is 18.4 Å². The van der Waals surface area contributed by atoms with E-state index in [2.05, 4.69) is 21.2 Å². The van der Waals surface area contributed by atoms with E-state index in [9.17, 15) is 9.59 Å². The predicted molar refractivity (Wildman–Crippen MR) is 118 cm³/mol. The molecule has 7 heteroatoms. The Hall–Kier alpha value is -3.32. The van der Waals surface area contributed by atoms with Gasteiger partial charge in [-0.2, -0.15) is 0 Å². The number of carbonyl (C=O) groups is 2. The van der Waals surface area contributed by atoms with Crippen LogP contribution in [0.1, 0.15) is 10.4 Å². The molecule has 0 bridgehead atoms. The smallest absolute Gasteiger partial charge is 0.265 e. The molecular weight excluding hydrogens is 448 g/mol. The lowest BCUT2D eigenvalue weighted by Crippen LogP contribution is -2.41. The Labute approximate surface area is 182 Å². The molecule has 0 spiro atoms. The summed E-state index contributed by atoms with van der Waals surface area (Å²) in [4.78, 5) is 26.7. The largest absolute Gasteiger partial charge is 0.492 e. The molecular formula is C23H19BrN2O4. The van der Waals surface area contributed by atoms with Crippen LogP contribution < -0.4 is 19.7 Å². The summed E-state index contributed by atoms with van der Waals surface area (Å²) < 4.78 is 12.0. The van der Waals surface area contributed by atoms with E-state index in [1.165, 1.54) is 0 Å². The zero-order valence-electron chi connectivity index (χ0n) is 16.0. The molecule has 3 aromatic rings. The van der Waals surface area contributed by atoms with Crippen LogP contribution in [0.3, 0.4) is 0 Å². The lowest BCUT2D eigenvalue weighted by Gasteiger charge is -2.29. The topological polar surface area (TPSA) is 67.9 Å². The number of para-hydroxylation sites is 1. The minimum Gasteiger partial charge on any atom is -0.492 e. The van der Waals surface area contributed by atoms with Gasteiger partial charge in [-0.05, 0) is 58.4 Å². The molecule has 3 aromatic carbocycles. The second kappa shape index (κ2) is 9.00. The summed E-state index contributed by atoms with van der Waals surface area (Å²) in [5, 5.41) is 2.87. The summed E-state index contributed by atoms with van der Waals surface area (Å²) in [6, 6.07) is 21.9. The third-order valence-electron chi connectivity index (χ3n) is 4.61. The first-order valence-electron chi connectivity index (χ1n) is 9.43. The molecule has 0 unspecified atom stereocenters. The molecule has 6 nitrogen and oxygen atoms in total. The number of halogens is 1. The SMILES string of the molecule is O=C(Nc1ccc2c(c1)N(CCOc1ccccc1)C(=O)CO2)c1ccccc1Br. The van der Waals surface area contributed by atoms with Crippen molar-refractivity contribution in [1.29, 1.82) is 0 Å². The lowest BCUT2D eigenvalue weighted by atomic mass is 10.2. The fraction of sp³-hybridized carbons (Fsp3) is 0.130. The average Bonchev–Trinajstić information content (AvgIpc) is 2.76. The maximum absolute atomic E-state index is 12.6. The number of carbonyl (C=O) groups excluding carboxylic acids is 2. The molecule has 2 amide bonds. The predicted octanol–water partition coefficient (Wildman–Crippen LogP) is 4.51. The van der Waals surface area contributed by atoms with Crippen LogP contribution in [0, 0.1) is 0 Å². The Balaban J connectivity index is 1.50. The summed E-state index contributed by atoms with van der Waals surface area (Å²) in [5.74, 6) is 0.930.